The summed E-state index contributed by atoms with van der Waals surface area (Å²) in [5.41, 5.74) is 11.5. The molecule has 1 aliphatic carbocycles. The lowest BCUT2D eigenvalue weighted by Gasteiger charge is -2.34. The van der Waals surface area contributed by atoms with E-state index in [0.717, 1.165) is 62.9 Å². The molecule has 0 bridgehead atoms. The van der Waals surface area contributed by atoms with Crippen LogP contribution in [0.15, 0.2) is 24.3 Å². The van der Waals surface area contributed by atoms with Gasteiger partial charge in [0.15, 0.2) is 5.69 Å². The van der Waals surface area contributed by atoms with Crippen LogP contribution in [0.25, 0.3) is 5.69 Å². The Labute approximate surface area is 161 Å². The van der Waals surface area contributed by atoms with E-state index >= 15 is 0 Å². The topological polar surface area (TPSA) is 64.2 Å². The molecule has 1 fully saturated rings. The van der Waals surface area contributed by atoms with Crippen molar-refractivity contribution in [2.24, 2.45) is 11.7 Å². The summed E-state index contributed by atoms with van der Waals surface area (Å²) in [6.07, 6.45) is 6.21. The molecule has 0 radical (unpaired) electrons. The zero-order chi connectivity index (χ0) is 19.0. The van der Waals surface area contributed by atoms with Gasteiger partial charge < -0.3 is 10.6 Å². The highest BCUT2D eigenvalue weighted by atomic mass is 16.2. The Balaban J connectivity index is 1.64. The lowest BCUT2D eigenvalue weighted by atomic mass is 9.92. The van der Waals surface area contributed by atoms with Gasteiger partial charge in [-0.15, -0.1) is 0 Å². The summed E-state index contributed by atoms with van der Waals surface area (Å²) < 4.78 is 2.00. The van der Waals surface area contributed by atoms with E-state index in [-0.39, 0.29) is 11.9 Å². The quantitative estimate of drug-likeness (QED) is 0.904. The Morgan fingerprint density at radius 3 is 2.74 bits per heavy atom. The largest absolute Gasteiger partial charge is 0.337 e. The molecule has 2 atom stereocenters. The minimum atomic E-state index is 0.0856. The van der Waals surface area contributed by atoms with Gasteiger partial charge in [-0.1, -0.05) is 19.1 Å². The van der Waals surface area contributed by atoms with E-state index in [4.69, 9.17) is 10.8 Å². The van der Waals surface area contributed by atoms with Crippen LogP contribution >= 0.6 is 0 Å². The molecule has 1 saturated heterocycles. The number of carbonyl (C=O) groups is 1. The maximum atomic E-state index is 13.3. The smallest absolute Gasteiger partial charge is 0.274 e. The second kappa shape index (κ2) is 7.47. The van der Waals surface area contributed by atoms with Crippen molar-refractivity contribution < 1.29 is 4.79 Å². The van der Waals surface area contributed by atoms with Crippen molar-refractivity contribution in [3.8, 4) is 5.69 Å². The van der Waals surface area contributed by atoms with E-state index in [0.29, 0.717) is 11.6 Å². The van der Waals surface area contributed by atoms with Crippen molar-refractivity contribution in [1.29, 1.82) is 0 Å². The third-order valence-electron chi connectivity index (χ3n) is 6.21. The predicted molar refractivity (Wildman–Crippen MR) is 107 cm³/mol. The van der Waals surface area contributed by atoms with Crippen LogP contribution in [0.4, 0.5) is 0 Å². The second-order valence-electron chi connectivity index (χ2n) is 8.07. The van der Waals surface area contributed by atoms with Crippen LogP contribution in [0.1, 0.15) is 60.4 Å². The average molecular weight is 367 g/mol. The molecule has 2 heterocycles. The molecule has 2 N–H and O–H groups in total. The third kappa shape index (κ3) is 3.41. The summed E-state index contributed by atoms with van der Waals surface area (Å²) in [5.74, 6) is 0.474. The Kier molecular flexibility index (Phi) is 5.04. The van der Waals surface area contributed by atoms with Crippen LogP contribution < -0.4 is 5.73 Å². The van der Waals surface area contributed by atoms with Crippen LogP contribution in [0.2, 0.25) is 0 Å². The molecule has 1 aromatic heterocycles. The number of rotatable bonds is 4. The van der Waals surface area contributed by atoms with Gasteiger partial charge in [-0.25, -0.2) is 4.68 Å². The van der Waals surface area contributed by atoms with Gasteiger partial charge in [0.25, 0.3) is 5.91 Å². The number of amides is 1. The number of piperidine rings is 1. The molecule has 2 aromatic rings. The van der Waals surface area contributed by atoms with Gasteiger partial charge in [-0.05, 0) is 69.1 Å². The summed E-state index contributed by atoms with van der Waals surface area (Å²) in [7, 11) is 0. The molecule has 1 aliphatic heterocycles. The molecule has 144 valence electrons. The molecular weight excluding hydrogens is 336 g/mol. The highest BCUT2D eigenvalue weighted by Crippen LogP contribution is 2.30. The highest BCUT2D eigenvalue weighted by molar-refractivity contribution is 5.94. The third-order valence-corrected chi connectivity index (χ3v) is 6.21. The van der Waals surface area contributed by atoms with Gasteiger partial charge in [-0.2, -0.15) is 5.10 Å². The van der Waals surface area contributed by atoms with E-state index in [2.05, 4.69) is 31.2 Å². The van der Waals surface area contributed by atoms with Crippen LogP contribution in [0, 0.1) is 5.92 Å². The van der Waals surface area contributed by atoms with Crippen LogP contribution in [0.3, 0.4) is 0 Å². The molecule has 27 heavy (non-hydrogen) atoms. The fraction of sp³-hybridized carbons (Fsp3) is 0.545. The van der Waals surface area contributed by atoms with Crippen LogP contribution in [0.5, 0.6) is 0 Å². The molecule has 4 rings (SSSR count). The summed E-state index contributed by atoms with van der Waals surface area (Å²) in [4.78, 5) is 15.3. The average Bonchev–Trinajstić information content (AvgIpc) is 3.30. The number of hydrogen-bond donors (Lipinski definition) is 1. The van der Waals surface area contributed by atoms with Crippen molar-refractivity contribution in [3.63, 3.8) is 0 Å². The van der Waals surface area contributed by atoms with E-state index in [1.807, 2.05) is 16.5 Å². The normalized spacial score (nSPS) is 20.6. The molecule has 1 amide bonds. The number of aryl methyl sites for hydroxylation is 1. The monoisotopic (exact) mass is 366 g/mol. The molecule has 0 spiro atoms. The zero-order valence-electron chi connectivity index (χ0n) is 16.4. The first-order valence-corrected chi connectivity index (χ1v) is 10.3. The Hall–Kier alpha value is -2.14. The Morgan fingerprint density at radius 2 is 2.04 bits per heavy atom. The first-order valence-electron chi connectivity index (χ1n) is 10.3. The summed E-state index contributed by atoms with van der Waals surface area (Å²) in [6, 6.07) is 8.66. The minimum absolute atomic E-state index is 0.0856. The minimum Gasteiger partial charge on any atom is -0.337 e. The standard InChI is InChI=1S/C22H30N4O/c1-3-16-9-11-18(12-10-16)26-20-8-4-7-19(20)21(24-26)22(27)25-13-5-6-17(14-25)15(2)23/h9-12,15,17H,3-8,13-14,23H2,1-2H3. The van der Waals surface area contributed by atoms with Crippen molar-refractivity contribution in [1.82, 2.24) is 14.7 Å². The molecule has 2 unspecified atom stereocenters. The van der Waals surface area contributed by atoms with Crippen molar-refractivity contribution >= 4 is 5.91 Å². The van der Waals surface area contributed by atoms with Crippen molar-refractivity contribution in [2.75, 3.05) is 13.1 Å². The van der Waals surface area contributed by atoms with Gasteiger partial charge in [-0.3, -0.25) is 4.79 Å². The molecule has 5 nitrogen and oxygen atoms in total. The van der Waals surface area contributed by atoms with Gasteiger partial charge in [0.2, 0.25) is 0 Å². The molecule has 5 heteroatoms. The molecule has 2 aliphatic rings. The van der Waals surface area contributed by atoms with Crippen LogP contribution in [-0.4, -0.2) is 39.7 Å². The van der Waals surface area contributed by atoms with Gasteiger partial charge in [0, 0.05) is 30.4 Å². The zero-order valence-corrected chi connectivity index (χ0v) is 16.4. The summed E-state index contributed by atoms with van der Waals surface area (Å²) >= 11 is 0. The summed E-state index contributed by atoms with van der Waals surface area (Å²) in [6.45, 7) is 5.77. The first kappa shape index (κ1) is 18.2. The summed E-state index contributed by atoms with van der Waals surface area (Å²) in [5, 5.41) is 4.80. The Morgan fingerprint density at radius 1 is 1.26 bits per heavy atom. The van der Waals surface area contributed by atoms with E-state index in [9.17, 15) is 4.79 Å². The number of nitrogens with two attached hydrogens (primary N) is 1. The maximum absolute atomic E-state index is 13.3. The van der Waals surface area contributed by atoms with Gasteiger partial charge in [0.1, 0.15) is 0 Å². The van der Waals surface area contributed by atoms with E-state index < -0.39 is 0 Å². The molecular formula is C22H30N4O. The predicted octanol–water partition coefficient (Wildman–Crippen LogP) is 3.12. The van der Waals surface area contributed by atoms with Crippen LogP contribution in [-0.2, 0) is 19.3 Å². The van der Waals surface area contributed by atoms with Gasteiger partial charge in [0.05, 0.1) is 5.69 Å². The molecule has 0 saturated carbocycles. The number of aromatic nitrogens is 2. The number of benzene rings is 1. The highest BCUT2D eigenvalue weighted by Gasteiger charge is 2.32. The van der Waals surface area contributed by atoms with Crippen molar-refractivity contribution in [2.45, 2.75) is 58.4 Å². The fourth-order valence-corrected chi connectivity index (χ4v) is 4.47. The fourth-order valence-electron chi connectivity index (χ4n) is 4.47. The van der Waals surface area contributed by atoms with E-state index in [1.54, 1.807) is 0 Å². The van der Waals surface area contributed by atoms with Crippen molar-refractivity contribution in [3.05, 3.63) is 46.8 Å². The van der Waals surface area contributed by atoms with Gasteiger partial charge >= 0.3 is 0 Å². The first-order chi connectivity index (χ1) is 13.1. The number of nitrogens with zero attached hydrogens (tertiary/aromatic N) is 3. The lowest BCUT2D eigenvalue weighted by molar-refractivity contribution is 0.0653. The second-order valence-corrected chi connectivity index (χ2v) is 8.07. The number of carbonyl (C=O) groups excluding carboxylic acids is 1. The molecule has 1 aromatic carbocycles. The number of hydrogen-bond acceptors (Lipinski definition) is 3. The number of likely N-dealkylation sites (tertiary alicyclic amines) is 1. The van der Waals surface area contributed by atoms with E-state index in [1.165, 1.54) is 11.3 Å². The Bertz CT molecular complexity index is 822. The lowest BCUT2D eigenvalue weighted by Crippen LogP contribution is -2.45. The number of fused-ring (bicyclic) bond motifs is 1. The maximum Gasteiger partial charge on any atom is 0.274 e. The SMILES string of the molecule is CCc1ccc(-n2nc(C(=O)N3CCCC(C(C)N)C3)c3c2CCC3)cc1.